The van der Waals surface area contributed by atoms with Crippen LogP contribution in [0, 0.1) is 0 Å². The van der Waals surface area contributed by atoms with Crippen LogP contribution < -0.4 is 5.32 Å². The van der Waals surface area contributed by atoms with Crippen molar-refractivity contribution in [1.82, 2.24) is 4.98 Å². The molecular weight excluding hydrogens is 252 g/mol. The van der Waals surface area contributed by atoms with Gasteiger partial charge in [-0.15, -0.1) is 11.8 Å². The van der Waals surface area contributed by atoms with Crippen LogP contribution in [0.3, 0.4) is 0 Å². The summed E-state index contributed by atoms with van der Waals surface area (Å²) in [6, 6.07) is 1.93. The molecule has 1 aliphatic rings. The van der Waals surface area contributed by atoms with Crippen LogP contribution in [-0.2, 0) is 4.79 Å². The van der Waals surface area contributed by atoms with Crippen LogP contribution in [0.4, 0.5) is 5.82 Å². The lowest BCUT2D eigenvalue weighted by Crippen LogP contribution is -2.08. The highest BCUT2D eigenvalue weighted by atomic mass is 79.9. The molecule has 0 aliphatic carbocycles. The smallest absolute Gasteiger partial charge is 0.243 e. The highest BCUT2D eigenvalue weighted by Gasteiger charge is 2.30. The van der Waals surface area contributed by atoms with Crippen molar-refractivity contribution in [3.63, 3.8) is 0 Å². The molecule has 13 heavy (non-hydrogen) atoms. The fourth-order valence-corrected chi connectivity index (χ4v) is 2.37. The first-order chi connectivity index (χ1) is 6.22. The van der Waals surface area contributed by atoms with Crippen LogP contribution in [0.2, 0.25) is 0 Å². The Hall–Kier alpha value is -0.550. The average molecular weight is 259 g/mol. The van der Waals surface area contributed by atoms with E-state index in [9.17, 15) is 4.79 Å². The molecule has 3 nitrogen and oxygen atoms in total. The van der Waals surface area contributed by atoms with Crippen molar-refractivity contribution in [2.24, 2.45) is 0 Å². The van der Waals surface area contributed by atoms with Gasteiger partial charge in [-0.1, -0.05) is 0 Å². The number of rotatable bonds is 1. The van der Waals surface area contributed by atoms with E-state index in [0.717, 1.165) is 10.0 Å². The van der Waals surface area contributed by atoms with Crippen molar-refractivity contribution in [2.75, 3.05) is 11.6 Å². The largest absolute Gasteiger partial charge is 0.309 e. The van der Waals surface area contributed by atoms with E-state index < -0.39 is 0 Å². The third kappa shape index (κ3) is 1.46. The van der Waals surface area contributed by atoms with Crippen LogP contribution in [0.1, 0.15) is 10.8 Å². The van der Waals surface area contributed by atoms with Gasteiger partial charge in [-0.3, -0.25) is 4.79 Å². The summed E-state index contributed by atoms with van der Waals surface area (Å²) >= 11 is 4.85. The molecule has 2 heterocycles. The zero-order chi connectivity index (χ0) is 9.42. The fraction of sp³-hybridized carbons (Fsp3) is 0.250. The minimum Gasteiger partial charge on any atom is -0.309 e. The first kappa shape index (κ1) is 9.02. The number of hydrogen-bond donors (Lipinski definition) is 1. The number of carbonyl (C=O) groups excluding carboxylic acids is 1. The number of thioether (sulfide) groups is 1. The number of nitrogens with zero attached hydrogens (tertiary/aromatic N) is 1. The molecule has 0 spiro atoms. The van der Waals surface area contributed by atoms with E-state index in [-0.39, 0.29) is 11.2 Å². The van der Waals surface area contributed by atoms with E-state index in [2.05, 4.69) is 26.2 Å². The topological polar surface area (TPSA) is 42.0 Å². The second kappa shape index (κ2) is 3.31. The van der Waals surface area contributed by atoms with Crippen molar-refractivity contribution in [3.8, 4) is 0 Å². The summed E-state index contributed by atoms with van der Waals surface area (Å²) in [6.45, 7) is 0. The molecule has 0 saturated heterocycles. The van der Waals surface area contributed by atoms with Gasteiger partial charge in [0.1, 0.15) is 11.1 Å². The quantitative estimate of drug-likeness (QED) is 0.840. The first-order valence-corrected chi connectivity index (χ1v) is 5.79. The van der Waals surface area contributed by atoms with Crippen molar-refractivity contribution in [3.05, 3.63) is 22.3 Å². The number of pyridine rings is 1. The standard InChI is InChI=1S/C8H7BrN2OS/c1-13-6-5-2-4(9)3-10-7(5)11-8(6)12/h2-3,6H,1H3,(H,10,11,12). The Labute approximate surface area is 88.4 Å². The van der Waals surface area contributed by atoms with E-state index in [4.69, 9.17) is 0 Å². The maximum atomic E-state index is 11.4. The summed E-state index contributed by atoms with van der Waals surface area (Å²) in [7, 11) is 0. The van der Waals surface area contributed by atoms with Crippen LogP contribution >= 0.6 is 27.7 Å². The van der Waals surface area contributed by atoms with Gasteiger partial charge in [0.15, 0.2) is 0 Å². The van der Waals surface area contributed by atoms with Gasteiger partial charge < -0.3 is 5.32 Å². The molecule has 0 saturated carbocycles. The molecule has 0 bridgehead atoms. The predicted molar refractivity (Wildman–Crippen MR) is 56.8 cm³/mol. The van der Waals surface area contributed by atoms with Gasteiger partial charge in [0.25, 0.3) is 0 Å². The van der Waals surface area contributed by atoms with Gasteiger partial charge in [-0.25, -0.2) is 4.98 Å². The number of carbonyl (C=O) groups is 1. The summed E-state index contributed by atoms with van der Waals surface area (Å²) in [5.41, 5.74) is 0.965. The van der Waals surface area contributed by atoms with E-state index in [1.165, 1.54) is 11.8 Å². The molecule has 2 rings (SSSR count). The number of nitrogens with one attached hydrogen (secondary N) is 1. The van der Waals surface area contributed by atoms with Crippen molar-refractivity contribution in [2.45, 2.75) is 5.25 Å². The van der Waals surface area contributed by atoms with Crippen LogP contribution in [0.5, 0.6) is 0 Å². The molecule has 1 aromatic heterocycles. The molecular formula is C8H7BrN2OS. The third-order valence-corrected chi connectivity index (χ3v) is 3.25. The maximum absolute atomic E-state index is 11.4. The van der Waals surface area contributed by atoms with Gasteiger partial charge in [-0.05, 0) is 28.3 Å². The molecule has 0 aromatic carbocycles. The highest BCUT2D eigenvalue weighted by molar-refractivity contribution is 9.10. The number of anilines is 1. The monoisotopic (exact) mass is 258 g/mol. The maximum Gasteiger partial charge on any atom is 0.243 e. The second-order valence-electron chi connectivity index (χ2n) is 2.70. The van der Waals surface area contributed by atoms with E-state index in [1.807, 2.05) is 12.3 Å². The molecule has 1 aliphatic heterocycles. The number of fused-ring (bicyclic) bond motifs is 1. The molecule has 1 aromatic rings. The molecule has 0 radical (unpaired) electrons. The Bertz CT molecular complexity index is 369. The summed E-state index contributed by atoms with van der Waals surface area (Å²) in [5, 5.41) is 2.62. The first-order valence-electron chi connectivity index (χ1n) is 3.71. The zero-order valence-electron chi connectivity index (χ0n) is 6.87. The lowest BCUT2D eigenvalue weighted by atomic mass is 10.2. The number of amides is 1. The van der Waals surface area contributed by atoms with Crippen molar-refractivity contribution >= 4 is 39.4 Å². The van der Waals surface area contributed by atoms with Crippen molar-refractivity contribution < 1.29 is 4.79 Å². The normalized spacial score (nSPS) is 19.8. The Kier molecular flexibility index (Phi) is 2.29. The number of aromatic nitrogens is 1. The van der Waals surface area contributed by atoms with Crippen LogP contribution in [0.15, 0.2) is 16.7 Å². The molecule has 1 unspecified atom stereocenters. The Morgan fingerprint density at radius 2 is 2.46 bits per heavy atom. The number of hydrogen-bond acceptors (Lipinski definition) is 3. The zero-order valence-corrected chi connectivity index (χ0v) is 9.28. The summed E-state index contributed by atoms with van der Waals surface area (Å²) in [6.07, 6.45) is 3.60. The van der Waals surface area contributed by atoms with E-state index >= 15 is 0 Å². The molecule has 68 valence electrons. The molecule has 0 fully saturated rings. The van der Waals surface area contributed by atoms with E-state index in [0.29, 0.717) is 5.82 Å². The Balaban J connectivity index is 2.50. The lowest BCUT2D eigenvalue weighted by Gasteiger charge is -2.02. The third-order valence-electron chi connectivity index (χ3n) is 1.88. The fourth-order valence-electron chi connectivity index (χ4n) is 1.32. The minimum absolute atomic E-state index is 0.0214. The average Bonchev–Trinajstić information content (AvgIpc) is 2.40. The molecule has 5 heteroatoms. The van der Waals surface area contributed by atoms with Gasteiger partial charge in [0.05, 0.1) is 0 Å². The summed E-state index contributed by atoms with van der Waals surface area (Å²) in [4.78, 5) is 15.5. The molecule has 1 atom stereocenters. The summed E-state index contributed by atoms with van der Waals surface area (Å²) < 4.78 is 0.904. The van der Waals surface area contributed by atoms with Crippen molar-refractivity contribution in [1.29, 1.82) is 0 Å². The molecule has 1 N–H and O–H groups in total. The predicted octanol–water partition coefficient (Wildman–Crippen LogP) is 2.20. The highest BCUT2D eigenvalue weighted by Crippen LogP contribution is 2.38. The SMILES string of the molecule is CSC1C(=O)Nc2ncc(Br)cc21. The second-order valence-corrected chi connectivity index (χ2v) is 4.55. The Morgan fingerprint density at radius 3 is 3.15 bits per heavy atom. The van der Waals surface area contributed by atoms with Gasteiger partial charge >= 0.3 is 0 Å². The van der Waals surface area contributed by atoms with E-state index in [1.54, 1.807) is 6.20 Å². The lowest BCUT2D eigenvalue weighted by molar-refractivity contribution is -0.115. The van der Waals surface area contributed by atoms with Crippen LogP contribution in [-0.4, -0.2) is 17.1 Å². The van der Waals surface area contributed by atoms with Crippen LogP contribution in [0.25, 0.3) is 0 Å². The minimum atomic E-state index is -0.111. The van der Waals surface area contributed by atoms with Gasteiger partial charge in [0, 0.05) is 16.2 Å². The number of halogens is 1. The summed E-state index contributed by atoms with van der Waals surface area (Å²) in [5.74, 6) is 0.709. The molecule has 1 amide bonds. The van der Waals surface area contributed by atoms with Gasteiger partial charge in [0.2, 0.25) is 5.91 Å². The Morgan fingerprint density at radius 1 is 1.69 bits per heavy atom. The van der Waals surface area contributed by atoms with Gasteiger partial charge in [-0.2, -0.15) is 0 Å².